The number of anilines is 1. The molecule has 4 rings (SSSR count). The Bertz CT molecular complexity index is 1030. The van der Waals surface area contributed by atoms with Gasteiger partial charge in [-0.1, -0.05) is 42.5 Å². The van der Waals surface area contributed by atoms with Crippen molar-refractivity contribution in [2.45, 2.75) is 45.1 Å². The van der Waals surface area contributed by atoms with Crippen LogP contribution >= 0.6 is 0 Å². The number of rotatable bonds is 8. The van der Waals surface area contributed by atoms with Gasteiger partial charge in [-0.15, -0.1) is 0 Å². The summed E-state index contributed by atoms with van der Waals surface area (Å²) in [6, 6.07) is 15.2. The molecule has 8 heteroatoms. The molecule has 3 amide bonds. The number of nitrogens with zero attached hydrogens (tertiary/aromatic N) is 3. The summed E-state index contributed by atoms with van der Waals surface area (Å²) in [5, 5.41) is 20.6. The van der Waals surface area contributed by atoms with Crippen LogP contribution in [-0.2, 0) is 22.7 Å². The minimum atomic E-state index is -1.79. The summed E-state index contributed by atoms with van der Waals surface area (Å²) in [4.78, 5) is 42.6. The van der Waals surface area contributed by atoms with Crippen molar-refractivity contribution < 1.29 is 24.6 Å². The van der Waals surface area contributed by atoms with Crippen LogP contribution in [0, 0.1) is 6.92 Å². The van der Waals surface area contributed by atoms with Crippen LogP contribution in [0.3, 0.4) is 0 Å². The molecular formula is C25H29N3O5. The number of para-hydroxylation sites is 1. The number of amides is 3. The highest BCUT2D eigenvalue weighted by molar-refractivity contribution is 5.95. The average molecular weight is 452 g/mol. The summed E-state index contributed by atoms with van der Waals surface area (Å²) in [5.41, 5.74) is 3.88. The third kappa shape index (κ3) is 4.77. The molecule has 2 aliphatic heterocycles. The maximum absolute atomic E-state index is 12.7. The van der Waals surface area contributed by atoms with Crippen LogP contribution in [0.15, 0.2) is 48.5 Å². The van der Waals surface area contributed by atoms with E-state index in [0.29, 0.717) is 39.1 Å². The number of hydrogen-bond donors (Lipinski definition) is 2. The van der Waals surface area contributed by atoms with Crippen LogP contribution < -0.4 is 4.90 Å². The first-order valence-electron chi connectivity index (χ1n) is 11.2. The zero-order valence-corrected chi connectivity index (χ0v) is 18.7. The highest BCUT2D eigenvalue weighted by atomic mass is 16.3. The van der Waals surface area contributed by atoms with Gasteiger partial charge in [0.1, 0.15) is 6.10 Å². The Morgan fingerprint density at radius 2 is 1.58 bits per heavy atom. The van der Waals surface area contributed by atoms with Gasteiger partial charge in [-0.05, 0) is 36.1 Å². The van der Waals surface area contributed by atoms with Gasteiger partial charge < -0.3 is 20.0 Å². The van der Waals surface area contributed by atoms with Gasteiger partial charge in [0, 0.05) is 44.8 Å². The molecule has 2 heterocycles. The number of hydrogen-bond acceptors (Lipinski definition) is 5. The molecule has 0 aliphatic carbocycles. The Morgan fingerprint density at radius 3 is 2.24 bits per heavy atom. The maximum atomic E-state index is 12.7. The minimum Gasteiger partial charge on any atom is -0.382 e. The van der Waals surface area contributed by atoms with Crippen molar-refractivity contribution >= 4 is 23.4 Å². The second-order valence-corrected chi connectivity index (χ2v) is 8.63. The Balaban J connectivity index is 1.25. The smallest absolute Gasteiger partial charge is 0.324 e. The lowest BCUT2D eigenvalue weighted by Crippen LogP contribution is -2.46. The zero-order valence-electron chi connectivity index (χ0n) is 18.7. The summed E-state index contributed by atoms with van der Waals surface area (Å²) in [7, 11) is 0. The van der Waals surface area contributed by atoms with Gasteiger partial charge in [0.05, 0.1) is 0 Å². The van der Waals surface area contributed by atoms with Crippen LogP contribution in [-0.4, -0.2) is 69.6 Å². The monoisotopic (exact) mass is 451 g/mol. The highest BCUT2D eigenvalue weighted by Crippen LogP contribution is 2.25. The number of benzene rings is 2. The Hall–Kier alpha value is -3.23. The number of fused-ring (bicyclic) bond motifs is 1. The zero-order chi connectivity index (χ0) is 23.5. The largest absolute Gasteiger partial charge is 0.382 e. The van der Waals surface area contributed by atoms with Crippen molar-refractivity contribution in [3.05, 3.63) is 65.2 Å². The predicted octanol–water partition coefficient (Wildman–Crippen LogP) is 1.85. The maximum Gasteiger partial charge on any atom is 0.324 e. The fourth-order valence-corrected chi connectivity index (χ4v) is 4.46. The average Bonchev–Trinajstić information content (AvgIpc) is 3.41. The van der Waals surface area contributed by atoms with E-state index in [0.717, 1.165) is 22.4 Å². The molecule has 0 saturated carbocycles. The molecule has 1 fully saturated rings. The summed E-state index contributed by atoms with van der Waals surface area (Å²) in [6.07, 6.45) is -3.25. The van der Waals surface area contributed by atoms with Crippen LogP contribution in [0.2, 0.25) is 0 Å². The number of urea groups is 1. The molecule has 0 spiro atoms. The lowest BCUT2D eigenvalue weighted by atomic mass is 10.0. The summed E-state index contributed by atoms with van der Waals surface area (Å²) in [6.45, 7) is 4.15. The van der Waals surface area contributed by atoms with Crippen molar-refractivity contribution in [3.8, 4) is 0 Å². The van der Waals surface area contributed by atoms with Crippen molar-refractivity contribution in [1.82, 2.24) is 9.80 Å². The normalized spacial score (nSPS) is 17.3. The van der Waals surface area contributed by atoms with E-state index in [1.807, 2.05) is 55.5 Å². The second kappa shape index (κ2) is 9.72. The lowest BCUT2D eigenvalue weighted by molar-refractivity contribution is -0.152. The van der Waals surface area contributed by atoms with Gasteiger partial charge in [0.25, 0.3) is 5.91 Å². The second-order valence-electron chi connectivity index (χ2n) is 8.63. The van der Waals surface area contributed by atoms with Gasteiger partial charge in [0.2, 0.25) is 0 Å². The van der Waals surface area contributed by atoms with E-state index in [2.05, 4.69) is 0 Å². The van der Waals surface area contributed by atoms with Crippen LogP contribution in [0.1, 0.15) is 29.5 Å². The molecule has 2 aromatic carbocycles. The molecule has 33 heavy (non-hydrogen) atoms. The molecule has 8 nitrogen and oxygen atoms in total. The molecule has 2 atom stereocenters. The molecule has 2 aliphatic rings. The molecule has 0 aromatic heterocycles. The molecule has 0 unspecified atom stereocenters. The molecule has 2 aromatic rings. The van der Waals surface area contributed by atoms with Gasteiger partial charge in [-0.2, -0.15) is 0 Å². The summed E-state index contributed by atoms with van der Waals surface area (Å²) < 4.78 is 0. The van der Waals surface area contributed by atoms with Gasteiger partial charge >= 0.3 is 6.03 Å². The Labute approximate surface area is 193 Å². The number of aryl methyl sites for hydroxylation is 1. The number of aliphatic hydroxyl groups is 2. The van der Waals surface area contributed by atoms with Crippen molar-refractivity contribution in [2.75, 3.05) is 24.5 Å². The van der Waals surface area contributed by atoms with Crippen LogP contribution in [0.4, 0.5) is 10.5 Å². The van der Waals surface area contributed by atoms with Crippen LogP contribution in [0.5, 0.6) is 0 Å². The first-order chi connectivity index (χ1) is 15.9. The van der Waals surface area contributed by atoms with Crippen molar-refractivity contribution in [1.29, 1.82) is 0 Å². The standard InChI is InChI=1S/C25H29N3O5/c1-17-7-2-5-10-20(17)28-14-13-26(25(28)33)12-6-11-21(29)22(30)23(31)24(32)27-15-18-8-3-4-9-19(18)16-27/h2-5,7-10,22-23,30-31H,6,11-16H2,1H3/t22-,23+/m0/s1. The number of carbonyl (C=O) groups is 3. The highest BCUT2D eigenvalue weighted by Gasteiger charge is 2.35. The molecule has 0 radical (unpaired) electrons. The minimum absolute atomic E-state index is 0.0279. The van der Waals surface area contributed by atoms with Gasteiger partial charge in [-0.3, -0.25) is 14.5 Å². The van der Waals surface area contributed by atoms with Crippen molar-refractivity contribution in [2.24, 2.45) is 0 Å². The first-order valence-corrected chi connectivity index (χ1v) is 11.2. The number of ketones is 1. The third-order valence-electron chi connectivity index (χ3n) is 6.39. The molecule has 0 bridgehead atoms. The molecular weight excluding hydrogens is 422 g/mol. The van der Waals surface area contributed by atoms with Gasteiger partial charge in [0.15, 0.2) is 11.9 Å². The number of carbonyl (C=O) groups excluding carboxylic acids is 3. The first kappa shape index (κ1) is 22.9. The summed E-state index contributed by atoms with van der Waals surface area (Å²) in [5.74, 6) is -1.26. The van der Waals surface area contributed by atoms with Crippen LogP contribution in [0.25, 0.3) is 0 Å². The van der Waals surface area contributed by atoms with Gasteiger partial charge in [-0.25, -0.2) is 4.79 Å². The predicted molar refractivity (Wildman–Crippen MR) is 122 cm³/mol. The Kier molecular flexibility index (Phi) is 6.76. The quantitative estimate of drug-likeness (QED) is 0.638. The molecule has 174 valence electrons. The number of Topliss-reactive ketones (excluding diaryl/α,β-unsaturated/α-hetero) is 1. The SMILES string of the molecule is Cc1ccccc1N1CCN(CCCC(=O)[C@H](O)[C@@H](O)C(=O)N2Cc3ccccc3C2)C1=O. The fraction of sp³-hybridized carbons (Fsp3) is 0.400. The topological polar surface area (TPSA) is 101 Å². The molecule has 2 N–H and O–H groups in total. The van der Waals surface area contributed by atoms with E-state index >= 15 is 0 Å². The lowest BCUT2D eigenvalue weighted by Gasteiger charge is -2.23. The van der Waals surface area contributed by atoms with E-state index in [4.69, 9.17) is 0 Å². The summed E-state index contributed by atoms with van der Waals surface area (Å²) >= 11 is 0. The molecule has 1 saturated heterocycles. The Morgan fingerprint density at radius 1 is 0.939 bits per heavy atom. The van der Waals surface area contributed by atoms with E-state index < -0.39 is 23.9 Å². The van der Waals surface area contributed by atoms with E-state index in [1.165, 1.54) is 4.90 Å². The van der Waals surface area contributed by atoms with E-state index in [9.17, 15) is 24.6 Å². The fourth-order valence-electron chi connectivity index (χ4n) is 4.46. The van der Waals surface area contributed by atoms with E-state index in [-0.39, 0.29) is 12.5 Å². The van der Waals surface area contributed by atoms with Crippen molar-refractivity contribution in [3.63, 3.8) is 0 Å². The van der Waals surface area contributed by atoms with E-state index in [1.54, 1.807) is 9.80 Å². The third-order valence-corrected chi connectivity index (χ3v) is 6.39. The number of aliphatic hydroxyl groups excluding tert-OH is 2.